The molecule has 0 saturated heterocycles. The van der Waals surface area contributed by atoms with E-state index in [1.807, 2.05) is 12.2 Å². The maximum absolute atomic E-state index is 4.00. The molecule has 0 aliphatic carbocycles. The Balaban J connectivity index is 2.56. The summed E-state index contributed by atoms with van der Waals surface area (Å²) in [4.78, 5) is 2.41. The summed E-state index contributed by atoms with van der Waals surface area (Å²) in [5, 5.41) is 0. The normalized spacial score (nSPS) is 19.4. The molecule has 0 saturated carbocycles. The lowest BCUT2D eigenvalue weighted by Gasteiger charge is -2.10. The van der Waals surface area contributed by atoms with Crippen molar-refractivity contribution in [1.82, 2.24) is 0 Å². The fourth-order valence-corrected chi connectivity index (χ4v) is 2.32. The first kappa shape index (κ1) is 9.35. The summed E-state index contributed by atoms with van der Waals surface area (Å²) < 4.78 is 0. The molecule has 1 aliphatic rings. The molecule has 1 aromatic rings. The minimum absolute atomic E-state index is 1.09. The molecule has 1 aromatic carbocycles. The van der Waals surface area contributed by atoms with E-state index in [0.29, 0.717) is 0 Å². The lowest BCUT2D eigenvalue weighted by Crippen LogP contribution is -1.86. The van der Waals surface area contributed by atoms with Crippen LogP contribution in [0.25, 0.3) is 6.08 Å². The van der Waals surface area contributed by atoms with E-state index in [1.165, 1.54) is 16.0 Å². The van der Waals surface area contributed by atoms with Crippen LogP contribution in [-0.4, -0.2) is 0 Å². The fourth-order valence-electron chi connectivity index (χ4n) is 1.43. The van der Waals surface area contributed by atoms with Crippen LogP contribution in [0.15, 0.2) is 52.8 Å². The molecule has 0 bridgehead atoms. The van der Waals surface area contributed by atoms with Crippen molar-refractivity contribution in [2.45, 2.75) is 11.8 Å². The van der Waals surface area contributed by atoms with E-state index in [2.05, 4.69) is 43.9 Å². The zero-order valence-electron chi connectivity index (χ0n) is 8.16. The van der Waals surface area contributed by atoms with E-state index < -0.39 is 0 Å². The third kappa shape index (κ3) is 1.83. The largest absolute Gasteiger partial charge is 0.0898 e. The first-order valence-corrected chi connectivity index (χ1v) is 5.40. The highest BCUT2D eigenvalue weighted by Gasteiger charge is 2.05. The molecule has 0 fully saturated rings. The maximum Gasteiger partial charge on any atom is 0.0223 e. The molecule has 0 atom stereocenters. The summed E-state index contributed by atoms with van der Waals surface area (Å²) in [6, 6.07) is 6.36. The molecule has 0 spiro atoms. The van der Waals surface area contributed by atoms with Crippen LogP contribution >= 0.6 is 11.8 Å². The quantitative estimate of drug-likeness (QED) is 0.605. The minimum atomic E-state index is 1.09. The number of thioether (sulfide) groups is 1. The van der Waals surface area contributed by atoms with Crippen molar-refractivity contribution >= 4 is 17.8 Å². The lowest BCUT2D eigenvalue weighted by atomic mass is 10.1. The van der Waals surface area contributed by atoms with E-state index in [9.17, 15) is 0 Å². The molecular weight excluding hydrogens is 188 g/mol. The van der Waals surface area contributed by atoms with Crippen molar-refractivity contribution in [3.63, 3.8) is 0 Å². The predicted octanol–water partition coefficient (Wildman–Crippen LogP) is 4.18. The summed E-state index contributed by atoms with van der Waals surface area (Å²) in [5.74, 6) is 0. The molecule has 14 heavy (non-hydrogen) atoms. The smallest absolute Gasteiger partial charge is 0.0223 e. The van der Waals surface area contributed by atoms with Crippen LogP contribution in [0.3, 0.4) is 0 Å². The van der Waals surface area contributed by atoms with E-state index in [4.69, 9.17) is 0 Å². The lowest BCUT2D eigenvalue weighted by molar-refractivity contribution is 1.29. The number of rotatable bonds is 0. The summed E-state index contributed by atoms with van der Waals surface area (Å²) in [7, 11) is 0. The Morgan fingerprint density at radius 1 is 1.14 bits per heavy atom. The average Bonchev–Trinajstić information content (AvgIpc) is 2.14. The van der Waals surface area contributed by atoms with Gasteiger partial charge in [-0.05, 0) is 24.1 Å². The highest BCUT2D eigenvalue weighted by Crippen LogP contribution is 2.34. The van der Waals surface area contributed by atoms with E-state index in [-0.39, 0.29) is 0 Å². The molecule has 0 amide bonds. The molecule has 2 rings (SSSR count). The number of allylic oxidation sites excluding steroid dienone is 3. The van der Waals surface area contributed by atoms with Crippen molar-refractivity contribution in [1.29, 1.82) is 0 Å². The van der Waals surface area contributed by atoms with Crippen molar-refractivity contribution in [3.05, 3.63) is 59.0 Å². The Bertz CT molecular complexity index is 425. The topological polar surface area (TPSA) is 0 Å². The first-order valence-electron chi connectivity index (χ1n) is 4.58. The second-order valence-corrected chi connectivity index (χ2v) is 4.42. The molecule has 0 nitrogen and oxygen atoms in total. The van der Waals surface area contributed by atoms with Gasteiger partial charge < -0.3 is 0 Å². The molecule has 0 aromatic heterocycles. The summed E-state index contributed by atoms with van der Waals surface area (Å²) in [5.41, 5.74) is 2.59. The SMILES string of the molecule is C=C1/C=C\C=C/c2cccc(C)c2S1. The van der Waals surface area contributed by atoms with Gasteiger partial charge in [0.15, 0.2) is 0 Å². The van der Waals surface area contributed by atoms with Crippen LogP contribution in [0.2, 0.25) is 0 Å². The third-order valence-electron chi connectivity index (χ3n) is 2.14. The molecule has 1 aliphatic heterocycles. The molecule has 70 valence electrons. The summed E-state index contributed by atoms with van der Waals surface area (Å²) in [6.45, 7) is 6.14. The second kappa shape index (κ2) is 3.89. The first-order chi connectivity index (χ1) is 6.77. The van der Waals surface area contributed by atoms with Gasteiger partial charge in [0.2, 0.25) is 0 Å². The van der Waals surface area contributed by atoms with Gasteiger partial charge in [0, 0.05) is 9.80 Å². The van der Waals surface area contributed by atoms with E-state index in [0.717, 1.165) is 4.91 Å². The number of aryl methyl sites for hydroxylation is 1. The van der Waals surface area contributed by atoms with Gasteiger partial charge in [-0.15, -0.1) is 0 Å². The Hall–Kier alpha value is -1.21. The molecule has 0 N–H and O–H groups in total. The number of fused-ring (bicyclic) bond motifs is 1. The van der Waals surface area contributed by atoms with Crippen molar-refractivity contribution in [2.24, 2.45) is 0 Å². The van der Waals surface area contributed by atoms with Crippen LogP contribution in [-0.2, 0) is 0 Å². The van der Waals surface area contributed by atoms with Crippen molar-refractivity contribution in [3.8, 4) is 0 Å². The maximum atomic E-state index is 4.00. The van der Waals surface area contributed by atoms with Crippen molar-refractivity contribution in [2.75, 3.05) is 0 Å². The molecule has 0 radical (unpaired) electrons. The number of hydrogen-bond donors (Lipinski definition) is 0. The predicted molar refractivity (Wildman–Crippen MR) is 64.4 cm³/mol. The van der Waals surface area contributed by atoms with Gasteiger partial charge in [-0.2, -0.15) is 0 Å². The molecule has 1 heterocycles. The molecule has 0 unspecified atom stereocenters. The van der Waals surface area contributed by atoms with Crippen LogP contribution in [0, 0.1) is 6.92 Å². The third-order valence-corrected chi connectivity index (χ3v) is 3.30. The number of benzene rings is 1. The molecule has 1 heteroatoms. The number of hydrogen-bond acceptors (Lipinski definition) is 1. The Kier molecular flexibility index (Phi) is 2.60. The van der Waals surface area contributed by atoms with Crippen LogP contribution in [0.1, 0.15) is 11.1 Å². The van der Waals surface area contributed by atoms with Crippen LogP contribution < -0.4 is 0 Å². The monoisotopic (exact) mass is 200 g/mol. The standard InChI is InChI=1S/C13H12S/c1-10-6-5-9-12-8-4-3-7-11(2)14-13(10)12/h3-9H,2H2,1H3/b7-3-,8-4-. The highest BCUT2D eigenvalue weighted by molar-refractivity contribution is 8.03. The zero-order chi connectivity index (χ0) is 9.97. The summed E-state index contributed by atoms with van der Waals surface area (Å²) >= 11 is 1.74. The van der Waals surface area contributed by atoms with E-state index >= 15 is 0 Å². The van der Waals surface area contributed by atoms with Gasteiger partial charge >= 0.3 is 0 Å². The zero-order valence-corrected chi connectivity index (χ0v) is 8.97. The Morgan fingerprint density at radius 3 is 2.79 bits per heavy atom. The molecular formula is C13H12S. The van der Waals surface area contributed by atoms with Gasteiger partial charge in [-0.3, -0.25) is 0 Å². The van der Waals surface area contributed by atoms with Gasteiger partial charge in [0.1, 0.15) is 0 Å². The minimum Gasteiger partial charge on any atom is -0.0898 e. The van der Waals surface area contributed by atoms with Crippen molar-refractivity contribution < 1.29 is 0 Å². The van der Waals surface area contributed by atoms with E-state index in [1.54, 1.807) is 11.8 Å². The van der Waals surface area contributed by atoms with Gasteiger partial charge in [0.05, 0.1) is 0 Å². The van der Waals surface area contributed by atoms with Gasteiger partial charge in [-0.1, -0.05) is 54.8 Å². The second-order valence-electron chi connectivity index (χ2n) is 3.28. The van der Waals surface area contributed by atoms with Gasteiger partial charge in [-0.25, -0.2) is 0 Å². The van der Waals surface area contributed by atoms with Gasteiger partial charge in [0.25, 0.3) is 0 Å². The fraction of sp³-hybridized carbons (Fsp3) is 0.0769. The van der Waals surface area contributed by atoms with Crippen LogP contribution in [0.4, 0.5) is 0 Å². The Morgan fingerprint density at radius 2 is 1.93 bits per heavy atom. The Labute approximate surface area is 89.0 Å². The average molecular weight is 200 g/mol. The summed E-state index contributed by atoms with van der Waals surface area (Å²) in [6.07, 6.45) is 8.26. The van der Waals surface area contributed by atoms with Crippen LogP contribution in [0.5, 0.6) is 0 Å². The highest BCUT2D eigenvalue weighted by atomic mass is 32.2.